The van der Waals surface area contributed by atoms with Crippen molar-refractivity contribution in [3.05, 3.63) is 58.7 Å². The fourth-order valence-electron chi connectivity index (χ4n) is 2.11. The van der Waals surface area contributed by atoms with E-state index in [9.17, 15) is 0 Å². The first-order chi connectivity index (χ1) is 9.34. The van der Waals surface area contributed by atoms with E-state index in [1.807, 2.05) is 24.0 Å². The third-order valence-electron chi connectivity index (χ3n) is 3.19. The highest BCUT2D eigenvalue weighted by Gasteiger charge is 2.07. The van der Waals surface area contributed by atoms with Crippen molar-refractivity contribution in [2.75, 3.05) is 0 Å². The molecule has 1 N–H and O–H groups in total. The van der Waals surface area contributed by atoms with Crippen molar-refractivity contribution < 1.29 is 0 Å². The van der Waals surface area contributed by atoms with Crippen LogP contribution in [-0.4, -0.2) is 9.97 Å². The third kappa shape index (κ3) is 2.64. The second-order valence-electron chi connectivity index (χ2n) is 4.50. The zero-order valence-electron chi connectivity index (χ0n) is 10.7. The van der Waals surface area contributed by atoms with Crippen LogP contribution in [0.5, 0.6) is 0 Å². The lowest BCUT2D eigenvalue weighted by Gasteiger charge is -2.12. The Labute approximate surface area is 116 Å². The number of aromatic nitrogens is 2. The Morgan fingerprint density at radius 2 is 2.16 bits per heavy atom. The Morgan fingerprint density at radius 1 is 1.26 bits per heavy atom. The Kier molecular flexibility index (Phi) is 3.53. The summed E-state index contributed by atoms with van der Waals surface area (Å²) in [5.74, 6) is 0. The lowest BCUT2D eigenvalue weighted by atomic mass is 10.1. The zero-order valence-corrected chi connectivity index (χ0v) is 11.5. The van der Waals surface area contributed by atoms with E-state index in [4.69, 9.17) is 0 Å². The summed E-state index contributed by atoms with van der Waals surface area (Å²) in [6, 6.07) is 10.7. The molecule has 0 bridgehead atoms. The van der Waals surface area contributed by atoms with E-state index in [0.29, 0.717) is 6.04 Å². The van der Waals surface area contributed by atoms with Crippen LogP contribution in [0.3, 0.4) is 0 Å². The minimum atomic E-state index is 0.312. The van der Waals surface area contributed by atoms with Crippen LogP contribution < -0.4 is 5.32 Å². The highest BCUT2D eigenvalue weighted by Crippen LogP contribution is 2.19. The molecule has 1 unspecified atom stereocenters. The molecule has 3 nitrogen and oxygen atoms in total. The molecular formula is C15H15N3S. The van der Waals surface area contributed by atoms with E-state index >= 15 is 0 Å². The molecule has 0 saturated carbocycles. The summed E-state index contributed by atoms with van der Waals surface area (Å²) in [5, 5.41) is 4.71. The Bertz CT molecular complexity index is 659. The molecule has 0 fully saturated rings. The molecule has 0 amide bonds. The van der Waals surface area contributed by atoms with Gasteiger partial charge in [0.15, 0.2) is 0 Å². The average Bonchev–Trinajstić information content (AvgIpc) is 2.99. The van der Waals surface area contributed by atoms with E-state index in [-0.39, 0.29) is 0 Å². The average molecular weight is 269 g/mol. The van der Waals surface area contributed by atoms with E-state index in [1.165, 1.54) is 15.8 Å². The SMILES string of the molecule is CC(NCc1cccc2cccnc12)c1cncs1. The lowest BCUT2D eigenvalue weighted by molar-refractivity contribution is 0.583. The summed E-state index contributed by atoms with van der Waals surface area (Å²) < 4.78 is 0. The Balaban J connectivity index is 1.79. The van der Waals surface area contributed by atoms with E-state index in [1.54, 1.807) is 11.3 Å². The molecule has 19 heavy (non-hydrogen) atoms. The van der Waals surface area contributed by atoms with Crippen LogP contribution in [0.2, 0.25) is 0 Å². The summed E-state index contributed by atoms with van der Waals surface area (Å²) in [4.78, 5) is 9.84. The maximum atomic E-state index is 4.47. The number of hydrogen-bond donors (Lipinski definition) is 1. The largest absolute Gasteiger partial charge is 0.305 e. The quantitative estimate of drug-likeness (QED) is 0.787. The number of para-hydroxylation sites is 1. The van der Waals surface area contributed by atoms with Crippen molar-refractivity contribution in [3.63, 3.8) is 0 Å². The van der Waals surface area contributed by atoms with Crippen LogP contribution in [0.4, 0.5) is 0 Å². The molecule has 0 aliphatic carbocycles. The van der Waals surface area contributed by atoms with Crippen LogP contribution in [-0.2, 0) is 6.54 Å². The van der Waals surface area contributed by atoms with Crippen molar-refractivity contribution in [1.82, 2.24) is 15.3 Å². The maximum absolute atomic E-state index is 4.47. The normalized spacial score (nSPS) is 12.7. The predicted molar refractivity (Wildman–Crippen MR) is 79.1 cm³/mol. The highest BCUT2D eigenvalue weighted by molar-refractivity contribution is 7.09. The standard InChI is InChI=1S/C15H15N3S/c1-11(14-9-16-10-19-14)18-8-13-5-2-4-12-6-3-7-17-15(12)13/h2-7,9-11,18H,8H2,1H3. The van der Waals surface area contributed by atoms with Crippen LogP contribution >= 0.6 is 11.3 Å². The molecule has 96 valence electrons. The van der Waals surface area contributed by atoms with E-state index in [0.717, 1.165) is 12.1 Å². The van der Waals surface area contributed by atoms with Gasteiger partial charge in [0.25, 0.3) is 0 Å². The Morgan fingerprint density at radius 3 is 3.00 bits per heavy atom. The van der Waals surface area contributed by atoms with Gasteiger partial charge in [0, 0.05) is 35.2 Å². The van der Waals surface area contributed by atoms with Crippen molar-refractivity contribution in [2.24, 2.45) is 0 Å². The second-order valence-corrected chi connectivity index (χ2v) is 5.42. The van der Waals surface area contributed by atoms with Crippen LogP contribution in [0.15, 0.2) is 48.2 Å². The van der Waals surface area contributed by atoms with Gasteiger partial charge in [-0.2, -0.15) is 0 Å². The van der Waals surface area contributed by atoms with Crippen LogP contribution in [0.25, 0.3) is 10.9 Å². The fourth-order valence-corrected chi connectivity index (χ4v) is 2.77. The summed E-state index contributed by atoms with van der Waals surface area (Å²) in [7, 11) is 0. The second kappa shape index (κ2) is 5.47. The Hall–Kier alpha value is -1.78. The molecule has 0 aliphatic heterocycles. The molecule has 3 aromatic rings. The molecule has 0 aliphatic rings. The van der Waals surface area contributed by atoms with E-state index < -0.39 is 0 Å². The van der Waals surface area contributed by atoms with Gasteiger partial charge in [-0.15, -0.1) is 11.3 Å². The molecule has 2 aromatic heterocycles. The molecule has 1 atom stereocenters. The van der Waals surface area contributed by atoms with Crippen LogP contribution in [0, 0.1) is 0 Å². The highest BCUT2D eigenvalue weighted by atomic mass is 32.1. The number of nitrogens with one attached hydrogen (secondary N) is 1. The molecular weight excluding hydrogens is 254 g/mol. The topological polar surface area (TPSA) is 37.8 Å². The van der Waals surface area contributed by atoms with Gasteiger partial charge in [0.05, 0.1) is 11.0 Å². The summed E-state index contributed by atoms with van der Waals surface area (Å²) in [6.07, 6.45) is 3.77. The molecule has 0 spiro atoms. The molecule has 4 heteroatoms. The monoisotopic (exact) mass is 269 g/mol. The number of nitrogens with zero attached hydrogens (tertiary/aromatic N) is 2. The van der Waals surface area contributed by atoms with Gasteiger partial charge in [-0.3, -0.25) is 9.97 Å². The minimum absolute atomic E-state index is 0.312. The molecule has 3 rings (SSSR count). The van der Waals surface area contributed by atoms with Crippen molar-refractivity contribution in [3.8, 4) is 0 Å². The molecule has 0 radical (unpaired) electrons. The molecule has 1 aromatic carbocycles. The van der Waals surface area contributed by atoms with Crippen LogP contribution in [0.1, 0.15) is 23.4 Å². The third-order valence-corrected chi connectivity index (χ3v) is 4.15. The molecule has 2 heterocycles. The predicted octanol–water partition coefficient (Wildman–Crippen LogP) is 3.54. The summed E-state index contributed by atoms with van der Waals surface area (Å²) in [5.41, 5.74) is 4.18. The maximum Gasteiger partial charge on any atom is 0.0794 e. The summed E-state index contributed by atoms with van der Waals surface area (Å²) in [6.45, 7) is 2.97. The van der Waals surface area contributed by atoms with Gasteiger partial charge >= 0.3 is 0 Å². The van der Waals surface area contributed by atoms with Gasteiger partial charge in [-0.1, -0.05) is 24.3 Å². The van der Waals surface area contributed by atoms with Gasteiger partial charge in [-0.25, -0.2) is 0 Å². The van der Waals surface area contributed by atoms with Gasteiger partial charge in [-0.05, 0) is 18.6 Å². The first-order valence-electron chi connectivity index (χ1n) is 6.29. The number of benzene rings is 1. The van der Waals surface area contributed by atoms with Crippen molar-refractivity contribution in [2.45, 2.75) is 19.5 Å². The minimum Gasteiger partial charge on any atom is -0.305 e. The number of rotatable bonds is 4. The van der Waals surface area contributed by atoms with E-state index in [2.05, 4.69) is 46.5 Å². The lowest BCUT2D eigenvalue weighted by Crippen LogP contribution is -2.17. The number of thiazole rings is 1. The van der Waals surface area contributed by atoms with Crippen molar-refractivity contribution in [1.29, 1.82) is 0 Å². The van der Waals surface area contributed by atoms with Gasteiger partial charge < -0.3 is 5.32 Å². The first-order valence-corrected chi connectivity index (χ1v) is 7.17. The van der Waals surface area contributed by atoms with Gasteiger partial charge in [0.1, 0.15) is 0 Å². The van der Waals surface area contributed by atoms with Gasteiger partial charge in [0.2, 0.25) is 0 Å². The molecule has 0 saturated heterocycles. The number of fused-ring (bicyclic) bond motifs is 1. The first kappa shape index (κ1) is 12.3. The number of hydrogen-bond acceptors (Lipinski definition) is 4. The van der Waals surface area contributed by atoms with Crippen molar-refractivity contribution >= 4 is 22.2 Å². The summed E-state index contributed by atoms with van der Waals surface area (Å²) >= 11 is 1.68. The number of pyridine rings is 1. The fraction of sp³-hybridized carbons (Fsp3) is 0.200. The smallest absolute Gasteiger partial charge is 0.0794 e. The zero-order chi connectivity index (χ0) is 13.1.